The highest BCUT2D eigenvalue weighted by Gasteiger charge is 2.36. The maximum Gasteiger partial charge on any atom is 0.421 e. The molecular weight excluding hydrogens is 445 g/mol. The third-order valence-corrected chi connectivity index (χ3v) is 6.73. The summed E-state index contributed by atoms with van der Waals surface area (Å²) in [5.41, 5.74) is 0.275. The second-order valence-electron chi connectivity index (χ2n) is 9.23. The molecule has 2 aliphatic rings. The van der Waals surface area contributed by atoms with Crippen molar-refractivity contribution in [2.75, 3.05) is 37.8 Å². The number of alkyl halides is 3. The lowest BCUT2D eigenvalue weighted by Crippen LogP contribution is -2.44. The first kappa shape index (κ1) is 24.3. The van der Waals surface area contributed by atoms with Gasteiger partial charge >= 0.3 is 6.18 Å². The van der Waals surface area contributed by atoms with E-state index in [0.717, 1.165) is 57.8 Å². The Hall–Kier alpha value is -2.88. The number of carbonyl (C=O) groups is 1. The first-order valence-corrected chi connectivity index (χ1v) is 11.7. The zero-order valence-corrected chi connectivity index (χ0v) is 19.5. The van der Waals surface area contributed by atoms with Gasteiger partial charge in [0.25, 0.3) is 5.91 Å². The quantitative estimate of drug-likeness (QED) is 0.626. The highest BCUT2D eigenvalue weighted by molar-refractivity contribution is 5.94. The summed E-state index contributed by atoms with van der Waals surface area (Å²) in [5.74, 6) is -0.186. The Labute approximate surface area is 197 Å². The molecule has 0 spiro atoms. The number of likely N-dealkylation sites (tertiary alicyclic amines) is 1. The van der Waals surface area contributed by atoms with Crippen LogP contribution >= 0.6 is 0 Å². The second-order valence-corrected chi connectivity index (χ2v) is 9.23. The van der Waals surface area contributed by atoms with Gasteiger partial charge in [-0.2, -0.15) is 18.2 Å². The zero-order valence-electron chi connectivity index (χ0n) is 19.5. The van der Waals surface area contributed by atoms with Crippen molar-refractivity contribution in [3.63, 3.8) is 0 Å². The minimum atomic E-state index is -4.54. The molecule has 0 radical (unpaired) electrons. The van der Waals surface area contributed by atoms with Gasteiger partial charge in [-0.3, -0.25) is 4.79 Å². The Kier molecular flexibility index (Phi) is 7.25. The Balaban J connectivity index is 1.44. The zero-order chi connectivity index (χ0) is 24.3. The van der Waals surface area contributed by atoms with Crippen LogP contribution in [-0.2, 0) is 6.18 Å². The number of hydrogen-bond acceptors (Lipinski definition) is 6. The summed E-state index contributed by atoms with van der Waals surface area (Å²) < 4.78 is 40.3. The van der Waals surface area contributed by atoms with Crippen LogP contribution in [0.15, 0.2) is 30.5 Å². The number of hydrogen-bond donors (Lipinski definition) is 2. The normalized spacial score (nSPS) is 18.1. The summed E-state index contributed by atoms with van der Waals surface area (Å²) in [7, 11) is 3.91. The van der Waals surface area contributed by atoms with Gasteiger partial charge < -0.3 is 20.4 Å². The lowest BCUT2D eigenvalue weighted by molar-refractivity contribution is -0.137. The molecule has 1 saturated carbocycles. The SMILES string of the molecule is CN1CCC(N(C)C(=O)c2ccc(Nc3ncc(C(F)(F)F)c(NC4CCCC4)n3)cc2)CC1. The minimum Gasteiger partial charge on any atom is -0.367 e. The van der Waals surface area contributed by atoms with E-state index >= 15 is 0 Å². The fourth-order valence-corrected chi connectivity index (χ4v) is 4.60. The van der Waals surface area contributed by atoms with Crippen LogP contribution in [0.4, 0.5) is 30.6 Å². The van der Waals surface area contributed by atoms with Crippen LogP contribution in [0, 0.1) is 0 Å². The van der Waals surface area contributed by atoms with Gasteiger partial charge in [0.05, 0.1) is 0 Å². The highest BCUT2D eigenvalue weighted by Crippen LogP contribution is 2.35. The largest absolute Gasteiger partial charge is 0.421 e. The molecule has 7 nitrogen and oxygen atoms in total. The van der Waals surface area contributed by atoms with Gasteiger partial charge in [0.15, 0.2) is 0 Å². The molecule has 34 heavy (non-hydrogen) atoms. The van der Waals surface area contributed by atoms with Crippen LogP contribution in [0.2, 0.25) is 0 Å². The summed E-state index contributed by atoms with van der Waals surface area (Å²) in [5, 5.41) is 5.90. The Bertz CT molecular complexity index is 983. The molecule has 184 valence electrons. The topological polar surface area (TPSA) is 73.4 Å². The van der Waals surface area contributed by atoms with Gasteiger partial charge in [0.1, 0.15) is 11.4 Å². The van der Waals surface area contributed by atoms with E-state index in [1.54, 1.807) is 29.2 Å². The molecule has 1 aliphatic carbocycles. The van der Waals surface area contributed by atoms with Crippen LogP contribution in [0.5, 0.6) is 0 Å². The molecule has 2 aromatic rings. The van der Waals surface area contributed by atoms with E-state index in [-0.39, 0.29) is 29.8 Å². The van der Waals surface area contributed by atoms with E-state index in [4.69, 9.17) is 0 Å². The Morgan fingerprint density at radius 1 is 1.09 bits per heavy atom. The van der Waals surface area contributed by atoms with Crippen LogP contribution in [0.25, 0.3) is 0 Å². The average molecular weight is 477 g/mol. The first-order chi connectivity index (χ1) is 16.2. The summed E-state index contributed by atoms with van der Waals surface area (Å²) >= 11 is 0. The molecule has 1 saturated heterocycles. The summed E-state index contributed by atoms with van der Waals surface area (Å²) in [4.78, 5) is 24.9. The second kappa shape index (κ2) is 10.2. The number of benzene rings is 1. The van der Waals surface area contributed by atoms with Crippen molar-refractivity contribution in [2.24, 2.45) is 0 Å². The van der Waals surface area contributed by atoms with E-state index < -0.39 is 11.7 Å². The van der Waals surface area contributed by atoms with Crippen LogP contribution < -0.4 is 10.6 Å². The average Bonchev–Trinajstić information content (AvgIpc) is 3.31. The van der Waals surface area contributed by atoms with Crippen LogP contribution in [0.3, 0.4) is 0 Å². The fourth-order valence-electron chi connectivity index (χ4n) is 4.60. The molecular formula is C24H31F3N6O. The van der Waals surface area contributed by atoms with Gasteiger partial charge in [0, 0.05) is 36.6 Å². The van der Waals surface area contributed by atoms with E-state index in [2.05, 4.69) is 32.5 Å². The van der Waals surface area contributed by atoms with E-state index in [1.807, 2.05) is 7.05 Å². The molecule has 10 heteroatoms. The van der Waals surface area contributed by atoms with Crippen molar-refractivity contribution >= 4 is 23.4 Å². The van der Waals surface area contributed by atoms with Crippen LogP contribution in [-0.4, -0.2) is 64.9 Å². The van der Waals surface area contributed by atoms with Crippen molar-refractivity contribution in [2.45, 2.75) is 56.8 Å². The monoisotopic (exact) mass is 476 g/mol. The summed E-state index contributed by atoms with van der Waals surface area (Å²) in [6.07, 6.45) is 1.79. The predicted octanol–water partition coefficient (Wildman–Crippen LogP) is 4.76. The molecule has 0 unspecified atom stereocenters. The van der Waals surface area contributed by atoms with Crippen molar-refractivity contribution < 1.29 is 18.0 Å². The molecule has 2 N–H and O–H groups in total. The third-order valence-electron chi connectivity index (χ3n) is 6.73. The van der Waals surface area contributed by atoms with E-state index in [0.29, 0.717) is 11.3 Å². The summed E-state index contributed by atoms with van der Waals surface area (Å²) in [6.45, 7) is 1.94. The molecule has 0 atom stereocenters. The smallest absolute Gasteiger partial charge is 0.367 e. The standard InChI is InChI=1S/C24H31F3N6O/c1-32-13-11-19(12-14-32)33(2)22(34)16-7-9-18(10-8-16)30-23-28-15-20(24(25,26)27)21(31-23)29-17-5-3-4-6-17/h7-10,15,17,19H,3-6,11-14H2,1-2H3,(H2,28,29,30,31). The molecule has 1 aromatic heterocycles. The number of amides is 1. The number of rotatable bonds is 6. The molecule has 1 aliphatic heterocycles. The van der Waals surface area contributed by atoms with E-state index in [9.17, 15) is 18.0 Å². The van der Waals surface area contributed by atoms with Gasteiger partial charge in [-0.1, -0.05) is 12.8 Å². The maximum atomic E-state index is 13.4. The lowest BCUT2D eigenvalue weighted by atomic mass is 10.0. The number of carbonyl (C=O) groups excluding carboxylic acids is 1. The van der Waals surface area contributed by atoms with Gasteiger partial charge in [0.2, 0.25) is 5.95 Å². The van der Waals surface area contributed by atoms with Crippen LogP contribution in [0.1, 0.15) is 54.4 Å². The number of piperidine rings is 1. The molecule has 0 bridgehead atoms. The van der Waals surface area contributed by atoms with Gasteiger partial charge in [-0.25, -0.2) is 4.98 Å². The number of nitrogens with zero attached hydrogens (tertiary/aromatic N) is 4. The molecule has 1 aromatic carbocycles. The molecule has 2 heterocycles. The minimum absolute atomic E-state index is 0.0179. The number of halogens is 3. The van der Waals surface area contributed by atoms with Gasteiger partial charge in [-0.15, -0.1) is 0 Å². The highest BCUT2D eigenvalue weighted by atomic mass is 19.4. The Morgan fingerprint density at radius 3 is 2.35 bits per heavy atom. The molecule has 2 fully saturated rings. The Morgan fingerprint density at radius 2 is 1.74 bits per heavy atom. The predicted molar refractivity (Wildman–Crippen MR) is 125 cm³/mol. The maximum absolute atomic E-state index is 13.4. The van der Waals surface area contributed by atoms with Crippen molar-refractivity contribution in [1.29, 1.82) is 0 Å². The van der Waals surface area contributed by atoms with Crippen molar-refractivity contribution in [3.8, 4) is 0 Å². The van der Waals surface area contributed by atoms with E-state index in [1.165, 1.54) is 0 Å². The molecule has 1 amide bonds. The number of anilines is 3. The van der Waals surface area contributed by atoms with Crippen molar-refractivity contribution in [1.82, 2.24) is 19.8 Å². The lowest BCUT2D eigenvalue weighted by Gasteiger charge is -2.35. The van der Waals surface area contributed by atoms with Gasteiger partial charge in [-0.05, 0) is 70.1 Å². The first-order valence-electron chi connectivity index (χ1n) is 11.7. The molecule has 4 rings (SSSR count). The summed E-state index contributed by atoms with van der Waals surface area (Å²) in [6, 6.07) is 7.03. The fraction of sp³-hybridized carbons (Fsp3) is 0.542. The van der Waals surface area contributed by atoms with Crippen molar-refractivity contribution in [3.05, 3.63) is 41.6 Å². The third kappa shape index (κ3) is 5.78. The number of nitrogens with one attached hydrogen (secondary N) is 2. The number of aromatic nitrogens is 2.